The van der Waals surface area contributed by atoms with Crippen LogP contribution < -0.4 is 5.73 Å². The smallest absolute Gasteiger partial charge is 0.226 e. The standard InChI is InChI=1S/C12H13ClN2OS/c13-10-3-1-2-9(6-10)12-15-11(7-16-12)8-17-5-4-14/h1-3,6-7H,4-5,8,14H2. The normalized spacial score (nSPS) is 10.7. The highest BCUT2D eigenvalue weighted by Crippen LogP contribution is 2.23. The summed E-state index contributed by atoms with van der Waals surface area (Å²) >= 11 is 7.66. The van der Waals surface area contributed by atoms with E-state index in [1.165, 1.54) is 0 Å². The van der Waals surface area contributed by atoms with Gasteiger partial charge in [-0.2, -0.15) is 11.8 Å². The van der Waals surface area contributed by atoms with Crippen LogP contribution in [0, 0.1) is 0 Å². The third-order valence-electron chi connectivity index (χ3n) is 2.14. The van der Waals surface area contributed by atoms with Gasteiger partial charge in [-0.1, -0.05) is 17.7 Å². The molecule has 0 amide bonds. The third-order valence-corrected chi connectivity index (χ3v) is 3.39. The molecule has 1 heterocycles. The number of benzene rings is 1. The molecule has 1 aromatic carbocycles. The Labute approximate surface area is 109 Å². The topological polar surface area (TPSA) is 52.0 Å². The molecule has 0 aliphatic heterocycles. The molecule has 90 valence electrons. The van der Waals surface area contributed by atoms with E-state index in [9.17, 15) is 0 Å². The average molecular weight is 269 g/mol. The van der Waals surface area contributed by atoms with Crippen LogP contribution in [-0.4, -0.2) is 17.3 Å². The number of hydrogen-bond acceptors (Lipinski definition) is 4. The zero-order valence-electron chi connectivity index (χ0n) is 9.23. The lowest BCUT2D eigenvalue weighted by molar-refractivity contribution is 0.573. The molecule has 5 heteroatoms. The van der Waals surface area contributed by atoms with E-state index in [0.29, 0.717) is 17.5 Å². The van der Waals surface area contributed by atoms with Crippen molar-refractivity contribution in [1.29, 1.82) is 0 Å². The first-order valence-electron chi connectivity index (χ1n) is 5.28. The Kier molecular flexibility index (Phi) is 4.48. The Morgan fingerprint density at radius 3 is 3.06 bits per heavy atom. The van der Waals surface area contributed by atoms with Crippen LogP contribution in [-0.2, 0) is 5.75 Å². The molecule has 2 aromatic rings. The highest BCUT2D eigenvalue weighted by molar-refractivity contribution is 7.98. The molecule has 17 heavy (non-hydrogen) atoms. The van der Waals surface area contributed by atoms with Crippen LogP contribution in [0.25, 0.3) is 11.5 Å². The van der Waals surface area contributed by atoms with E-state index in [1.807, 2.05) is 24.3 Å². The van der Waals surface area contributed by atoms with E-state index < -0.39 is 0 Å². The number of rotatable bonds is 5. The van der Waals surface area contributed by atoms with Gasteiger partial charge in [-0.3, -0.25) is 0 Å². The van der Waals surface area contributed by atoms with Crippen molar-refractivity contribution in [3.05, 3.63) is 41.2 Å². The van der Waals surface area contributed by atoms with Gasteiger partial charge in [0, 0.05) is 28.6 Å². The zero-order chi connectivity index (χ0) is 12.1. The minimum Gasteiger partial charge on any atom is -0.444 e. The van der Waals surface area contributed by atoms with Crippen LogP contribution in [0.2, 0.25) is 5.02 Å². The first-order valence-corrected chi connectivity index (χ1v) is 6.81. The van der Waals surface area contributed by atoms with Gasteiger partial charge in [0.05, 0.1) is 5.69 Å². The first kappa shape index (κ1) is 12.5. The molecular weight excluding hydrogens is 256 g/mol. The van der Waals surface area contributed by atoms with Gasteiger partial charge in [-0.25, -0.2) is 4.98 Å². The Hall–Kier alpha value is -0.970. The number of hydrogen-bond donors (Lipinski definition) is 1. The Morgan fingerprint density at radius 2 is 2.29 bits per heavy atom. The summed E-state index contributed by atoms with van der Waals surface area (Å²) in [6.45, 7) is 0.684. The fraction of sp³-hybridized carbons (Fsp3) is 0.250. The summed E-state index contributed by atoms with van der Waals surface area (Å²) in [6.07, 6.45) is 1.68. The highest BCUT2D eigenvalue weighted by Gasteiger charge is 2.06. The quantitative estimate of drug-likeness (QED) is 0.846. The second-order valence-corrected chi connectivity index (χ2v) is 5.04. The van der Waals surface area contributed by atoms with Crippen molar-refractivity contribution in [3.63, 3.8) is 0 Å². The zero-order valence-corrected chi connectivity index (χ0v) is 10.8. The summed E-state index contributed by atoms with van der Waals surface area (Å²) in [5.74, 6) is 2.36. The molecule has 0 radical (unpaired) electrons. The van der Waals surface area contributed by atoms with Crippen molar-refractivity contribution in [1.82, 2.24) is 4.98 Å². The molecule has 0 aliphatic carbocycles. The largest absolute Gasteiger partial charge is 0.444 e. The maximum Gasteiger partial charge on any atom is 0.226 e. The van der Waals surface area contributed by atoms with E-state index in [0.717, 1.165) is 22.8 Å². The maximum atomic E-state index is 5.92. The molecular formula is C12H13ClN2OS. The molecule has 3 nitrogen and oxygen atoms in total. The van der Waals surface area contributed by atoms with Crippen molar-refractivity contribution >= 4 is 23.4 Å². The van der Waals surface area contributed by atoms with Crippen molar-refractivity contribution < 1.29 is 4.42 Å². The van der Waals surface area contributed by atoms with Gasteiger partial charge in [0.2, 0.25) is 5.89 Å². The van der Waals surface area contributed by atoms with E-state index in [-0.39, 0.29) is 0 Å². The van der Waals surface area contributed by atoms with Crippen LogP contribution in [0.5, 0.6) is 0 Å². The van der Waals surface area contributed by atoms with Crippen LogP contribution in [0.3, 0.4) is 0 Å². The summed E-state index contributed by atoms with van der Waals surface area (Å²) < 4.78 is 5.42. The molecule has 2 rings (SSSR count). The highest BCUT2D eigenvalue weighted by atomic mass is 35.5. The second-order valence-electron chi connectivity index (χ2n) is 3.50. The number of nitrogens with two attached hydrogens (primary N) is 1. The van der Waals surface area contributed by atoms with Gasteiger partial charge in [0.1, 0.15) is 6.26 Å². The molecule has 2 N–H and O–H groups in total. The molecule has 0 bridgehead atoms. The molecule has 0 saturated carbocycles. The van der Waals surface area contributed by atoms with Crippen molar-refractivity contribution in [2.24, 2.45) is 5.73 Å². The number of oxazole rings is 1. The van der Waals surface area contributed by atoms with Gasteiger partial charge in [-0.15, -0.1) is 0 Å². The molecule has 0 unspecified atom stereocenters. The summed E-state index contributed by atoms with van der Waals surface area (Å²) in [7, 11) is 0. The van der Waals surface area contributed by atoms with E-state index >= 15 is 0 Å². The van der Waals surface area contributed by atoms with Crippen molar-refractivity contribution in [3.8, 4) is 11.5 Å². The third kappa shape index (κ3) is 3.49. The van der Waals surface area contributed by atoms with E-state index in [1.54, 1.807) is 18.0 Å². The SMILES string of the molecule is NCCSCc1coc(-c2cccc(Cl)c2)n1. The van der Waals surface area contributed by atoms with Gasteiger partial charge >= 0.3 is 0 Å². The summed E-state index contributed by atoms with van der Waals surface area (Å²) in [5, 5.41) is 0.680. The minimum atomic E-state index is 0.607. The lowest BCUT2D eigenvalue weighted by Crippen LogP contribution is -2.01. The van der Waals surface area contributed by atoms with Gasteiger partial charge in [0.15, 0.2) is 0 Å². The van der Waals surface area contributed by atoms with Crippen LogP contribution in [0.15, 0.2) is 34.9 Å². The Bertz CT molecular complexity index is 487. The first-order chi connectivity index (χ1) is 8.29. The molecule has 0 spiro atoms. The van der Waals surface area contributed by atoms with Gasteiger partial charge < -0.3 is 10.2 Å². The lowest BCUT2D eigenvalue weighted by atomic mass is 10.2. The predicted molar refractivity (Wildman–Crippen MR) is 72.2 cm³/mol. The summed E-state index contributed by atoms with van der Waals surface area (Å²) in [4.78, 5) is 4.41. The maximum absolute atomic E-state index is 5.92. The van der Waals surface area contributed by atoms with Gasteiger partial charge in [0.25, 0.3) is 0 Å². The minimum absolute atomic E-state index is 0.607. The average Bonchev–Trinajstić information content (AvgIpc) is 2.78. The van der Waals surface area contributed by atoms with Crippen molar-refractivity contribution in [2.45, 2.75) is 5.75 Å². The van der Waals surface area contributed by atoms with Crippen molar-refractivity contribution in [2.75, 3.05) is 12.3 Å². The van der Waals surface area contributed by atoms with Crippen LogP contribution >= 0.6 is 23.4 Å². The molecule has 0 aliphatic rings. The summed E-state index contributed by atoms with van der Waals surface area (Å²) in [5.41, 5.74) is 7.25. The van der Waals surface area contributed by atoms with E-state index in [2.05, 4.69) is 4.98 Å². The number of thioether (sulfide) groups is 1. The van der Waals surface area contributed by atoms with Gasteiger partial charge in [-0.05, 0) is 18.2 Å². The molecule has 0 atom stereocenters. The predicted octanol–water partition coefficient (Wildman–Crippen LogP) is 3.19. The number of halogens is 1. The fourth-order valence-corrected chi connectivity index (χ4v) is 2.23. The fourth-order valence-electron chi connectivity index (χ4n) is 1.39. The second kappa shape index (κ2) is 6.10. The molecule has 1 aromatic heterocycles. The number of nitrogens with zero attached hydrogens (tertiary/aromatic N) is 1. The Morgan fingerprint density at radius 1 is 1.41 bits per heavy atom. The van der Waals surface area contributed by atoms with Crippen LogP contribution in [0.4, 0.5) is 0 Å². The summed E-state index contributed by atoms with van der Waals surface area (Å²) in [6, 6.07) is 7.47. The monoisotopic (exact) mass is 268 g/mol. The van der Waals surface area contributed by atoms with Crippen LogP contribution in [0.1, 0.15) is 5.69 Å². The Balaban J connectivity index is 2.07. The lowest BCUT2D eigenvalue weighted by Gasteiger charge is -1.95. The molecule has 0 saturated heterocycles. The van der Waals surface area contributed by atoms with E-state index in [4.69, 9.17) is 21.8 Å². The number of aromatic nitrogens is 1. The molecule has 0 fully saturated rings.